The van der Waals surface area contributed by atoms with Crippen LogP contribution in [0.2, 0.25) is 0 Å². The first-order chi connectivity index (χ1) is 3.39. The second-order valence-corrected chi connectivity index (χ2v) is 3.34. The van der Waals surface area contributed by atoms with Crippen molar-refractivity contribution in [2.24, 2.45) is 0 Å². The monoisotopic (exact) mass is 186 g/mol. The molecule has 1 rings (SSSR count). The highest BCUT2D eigenvalue weighted by Gasteiger charge is 2.06. The average molecular weight is 187 g/mol. The quantitative estimate of drug-likeness (QED) is 0.341. The summed E-state index contributed by atoms with van der Waals surface area (Å²) in [4.78, 5) is 0. The topological polar surface area (TPSA) is 0 Å². The summed E-state index contributed by atoms with van der Waals surface area (Å²) in [6, 6.07) is 0. The third-order valence-corrected chi connectivity index (χ3v) is 2.32. The van der Waals surface area contributed by atoms with Crippen molar-refractivity contribution in [2.45, 2.75) is 37.8 Å². The Balaban J connectivity index is 0. The van der Waals surface area contributed by atoms with Crippen LogP contribution in [0.3, 0.4) is 0 Å². The highest BCUT2D eigenvalue weighted by atomic mass is 35.5. The lowest BCUT2D eigenvalue weighted by Gasteiger charge is -2.15. The summed E-state index contributed by atoms with van der Waals surface area (Å²) in [6.07, 6.45) is 7.31. The van der Waals surface area contributed by atoms with Crippen LogP contribution < -0.4 is 24.8 Å². The molecule has 0 heterocycles. The Bertz CT molecular complexity index is 53.0. The van der Waals surface area contributed by atoms with Gasteiger partial charge < -0.3 is 24.8 Å². The van der Waals surface area contributed by atoms with Crippen LogP contribution in [0.1, 0.15) is 32.1 Å². The van der Waals surface area contributed by atoms with E-state index in [1.54, 1.807) is 0 Å². The highest BCUT2D eigenvalue weighted by molar-refractivity contribution is 7.17. The molecule has 1 unspecified atom stereocenters. The molecule has 0 nitrogen and oxygen atoms in total. The van der Waals surface area contributed by atoms with Crippen molar-refractivity contribution in [3.05, 3.63) is 0 Å². The highest BCUT2D eigenvalue weighted by Crippen LogP contribution is 2.23. The summed E-state index contributed by atoms with van der Waals surface area (Å²) < 4.78 is 0. The van der Waals surface area contributed by atoms with E-state index in [-0.39, 0.29) is 24.8 Å². The van der Waals surface area contributed by atoms with Crippen molar-refractivity contribution in [1.29, 1.82) is 0 Å². The Morgan fingerprint density at radius 2 is 1.33 bits per heavy atom. The smallest absolute Gasteiger partial charge is 0.0264 e. The molecule has 0 spiro atoms. The van der Waals surface area contributed by atoms with Gasteiger partial charge in [-0.2, -0.15) is 0 Å². The van der Waals surface area contributed by atoms with Crippen molar-refractivity contribution in [2.75, 3.05) is 0 Å². The number of hydrogen-bond acceptors (Lipinski definition) is 0. The Morgan fingerprint density at radius 3 is 1.56 bits per heavy atom. The van der Waals surface area contributed by atoms with Gasteiger partial charge in [0.25, 0.3) is 0 Å². The maximum atomic E-state index is 2.91. The predicted octanol–water partition coefficient (Wildman–Crippen LogP) is -3.80. The first kappa shape index (κ1) is 12.7. The lowest BCUT2D eigenvalue weighted by molar-refractivity contribution is -0.001000. The van der Waals surface area contributed by atoms with Crippen LogP contribution in [0.15, 0.2) is 0 Å². The molecule has 1 saturated carbocycles. The Hall–Kier alpha value is 1.01. The molecule has 1 atom stereocenters. The van der Waals surface area contributed by atoms with E-state index in [1.807, 2.05) is 0 Å². The fourth-order valence-electron chi connectivity index (χ4n) is 1.13. The van der Waals surface area contributed by atoms with Crippen LogP contribution in [-0.2, 0) is 0 Å². The molecule has 0 aromatic rings. The van der Waals surface area contributed by atoms with Crippen molar-refractivity contribution < 1.29 is 24.8 Å². The van der Waals surface area contributed by atoms with Gasteiger partial charge in [-0.25, -0.2) is 0 Å². The van der Waals surface area contributed by atoms with Gasteiger partial charge in [0.2, 0.25) is 0 Å². The van der Waals surface area contributed by atoms with Gasteiger partial charge >= 0.3 is 0 Å². The second kappa shape index (κ2) is 7.12. The lowest BCUT2D eigenvalue weighted by Crippen LogP contribution is -3.00. The maximum absolute atomic E-state index is 2.91. The van der Waals surface area contributed by atoms with Crippen LogP contribution in [0.5, 0.6) is 0 Å². The Kier molecular flexibility index (Phi) is 10.0. The largest absolute Gasteiger partial charge is 1.00 e. The summed E-state index contributed by atoms with van der Waals surface area (Å²) >= 11 is 0. The summed E-state index contributed by atoms with van der Waals surface area (Å²) in [7, 11) is 2.91. The summed E-state index contributed by atoms with van der Waals surface area (Å²) in [6.45, 7) is 0. The minimum Gasteiger partial charge on any atom is -1.00 e. The van der Waals surface area contributed by atoms with Gasteiger partial charge in [-0.15, -0.1) is 9.24 Å². The summed E-state index contributed by atoms with van der Waals surface area (Å²) in [5.74, 6) is 0. The molecule has 0 aromatic heterocycles. The van der Waals surface area contributed by atoms with Crippen molar-refractivity contribution in [3.63, 3.8) is 0 Å². The van der Waals surface area contributed by atoms with E-state index in [1.165, 1.54) is 32.1 Å². The van der Waals surface area contributed by atoms with E-state index in [9.17, 15) is 0 Å². The standard InChI is InChI=1S/C6H13P.2ClH/c7-6-4-2-1-3-5-6;;/h6H,1-5,7H2;2*1H/p-2. The minimum atomic E-state index is 0. The molecule has 0 saturated heterocycles. The number of halogens is 2. The molecule has 1 aliphatic carbocycles. The fourth-order valence-corrected chi connectivity index (χ4v) is 1.61. The van der Waals surface area contributed by atoms with Crippen LogP contribution in [0, 0.1) is 0 Å². The molecule has 0 N–H and O–H groups in total. The van der Waals surface area contributed by atoms with Crippen molar-refractivity contribution >= 4 is 9.24 Å². The van der Waals surface area contributed by atoms with Crippen LogP contribution in [-0.4, -0.2) is 5.66 Å². The van der Waals surface area contributed by atoms with Crippen LogP contribution >= 0.6 is 9.24 Å². The van der Waals surface area contributed by atoms with E-state index in [0.29, 0.717) is 0 Å². The molecule has 0 radical (unpaired) electrons. The zero-order chi connectivity index (χ0) is 5.11. The van der Waals surface area contributed by atoms with Gasteiger partial charge in [-0.05, 0) is 18.5 Å². The van der Waals surface area contributed by atoms with E-state index in [2.05, 4.69) is 9.24 Å². The van der Waals surface area contributed by atoms with Gasteiger partial charge in [0.05, 0.1) is 0 Å². The SMILES string of the molecule is PC1CCCCC1.[Cl-].[Cl-]. The van der Waals surface area contributed by atoms with Crippen molar-refractivity contribution in [3.8, 4) is 0 Å². The molecule has 0 aromatic carbocycles. The second-order valence-electron chi connectivity index (χ2n) is 2.40. The normalized spacial score (nSPS) is 19.7. The molecule has 1 fully saturated rings. The number of rotatable bonds is 0. The first-order valence-electron chi connectivity index (χ1n) is 3.15. The van der Waals surface area contributed by atoms with Gasteiger partial charge in [-0.3, -0.25) is 0 Å². The molecule has 3 heteroatoms. The molecule has 58 valence electrons. The first-order valence-corrected chi connectivity index (χ1v) is 3.82. The van der Waals surface area contributed by atoms with E-state index >= 15 is 0 Å². The zero-order valence-electron chi connectivity index (χ0n) is 5.45. The van der Waals surface area contributed by atoms with E-state index < -0.39 is 0 Å². The average Bonchev–Trinajstić information content (AvgIpc) is 1.69. The molecule has 0 aliphatic heterocycles. The van der Waals surface area contributed by atoms with Crippen molar-refractivity contribution in [1.82, 2.24) is 0 Å². The summed E-state index contributed by atoms with van der Waals surface area (Å²) in [5.41, 5.74) is 0.953. The third-order valence-electron chi connectivity index (χ3n) is 1.65. The summed E-state index contributed by atoms with van der Waals surface area (Å²) in [5, 5.41) is 0. The Morgan fingerprint density at radius 1 is 0.889 bits per heavy atom. The Labute approximate surface area is 72.2 Å². The van der Waals surface area contributed by atoms with Gasteiger partial charge in [0.15, 0.2) is 0 Å². The zero-order valence-corrected chi connectivity index (χ0v) is 8.11. The van der Waals surface area contributed by atoms with E-state index in [0.717, 1.165) is 5.66 Å². The number of hydrogen-bond donors (Lipinski definition) is 0. The fraction of sp³-hybridized carbons (Fsp3) is 1.00. The molecule has 9 heavy (non-hydrogen) atoms. The maximum Gasteiger partial charge on any atom is -0.0264 e. The van der Waals surface area contributed by atoms with Gasteiger partial charge in [-0.1, -0.05) is 19.3 Å². The molecule has 0 bridgehead atoms. The molecule has 0 amide bonds. The lowest BCUT2D eigenvalue weighted by atomic mass is 10.0. The third kappa shape index (κ3) is 5.45. The molecule has 1 aliphatic rings. The van der Waals surface area contributed by atoms with Crippen LogP contribution in [0.25, 0.3) is 0 Å². The predicted molar refractivity (Wildman–Crippen MR) is 36.6 cm³/mol. The van der Waals surface area contributed by atoms with Crippen LogP contribution in [0.4, 0.5) is 0 Å². The molecular weight excluding hydrogens is 174 g/mol. The van der Waals surface area contributed by atoms with E-state index in [4.69, 9.17) is 0 Å². The van der Waals surface area contributed by atoms with Gasteiger partial charge in [0, 0.05) is 0 Å². The minimum absolute atomic E-state index is 0. The molecular formula is C6H13Cl2P-2. The van der Waals surface area contributed by atoms with Gasteiger partial charge in [0.1, 0.15) is 0 Å².